The second-order valence-corrected chi connectivity index (χ2v) is 8.80. The molecule has 2 rings (SSSR count). The fourth-order valence-electron chi connectivity index (χ4n) is 1.65. The maximum Gasteiger partial charge on any atom is 0.120 e. The van der Waals surface area contributed by atoms with E-state index in [9.17, 15) is 4.21 Å². The Labute approximate surface area is 129 Å². The molecule has 2 heterocycles. The maximum atomic E-state index is 12.3. The van der Waals surface area contributed by atoms with Crippen molar-refractivity contribution in [3.05, 3.63) is 27.5 Å². The van der Waals surface area contributed by atoms with Crippen LogP contribution >= 0.6 is 27.5 Å². The topological polar surface area (TPSA) is 51.2 Å². The molecule has 0 spiro atoms. The van der Waals surface area contributed by atoms with Gasteiger partial charge in [0.15, 0.2) is 0 Å². The lowest BCUT2D eigenvalue weighted by molar-refractivity contribution is -0.0685. The van der Waals surface area contributed by atoms with Crippen LogP contribution in [0.25, 0.3) is 0 Å². The number of pyridine rings is 1. The SMILES string of the molecule is CC(C)(C)S(=O)NC1(c2ncc(Cl)cc2Br)COC1. The minimum Gasteiger partial charge on any atom is -0.377 e. The van der Waals surface area contributed by atoms with Gasteiger partial charge in [-0.2, -0.15) is 0 Å². The van der Waals surface area contributed by atoms with Crippen molar-refractivity contribution >= 4 is 38.5 Å². The highest BCUT2D eigenvalue weighted by molar-refractivity contribution is 9.10. The van der Waals surface area contributed by atoms with Crippen molar-refractivity contribution < 1.29 is 8.95 Å². The lowest BCUT2D eigenvalue weighted by Gasteiger charge is -2.42. The molecule has 19 heavy (non-hydrogen) atoms. The van der Waals surface area contributed by atoms with Crippen LogP contribution in [0.3, 0.4) is 0 Å². The molecule has 0 aliphatic carbocycles. The molecule has 1 fully saturated rings. The Kier molecular flexibility index (Phi) is 4.38. The summed E-state index contributed by atoms with van der Waals surface area (Å²) in [4.78, 5) is 4.35. The average Bonchev–Trinajstić information content (AvgIpc) is 2.22. The molecule has 106 valence electrons. The quantitative estimate of drug-likeness (QED) is 0.894. The summed E-state index contributed by atoms with van der Waals surface area (Å²) in [6.07, 6.45) is 1.59. The zero-order valence-electron chi connectivity index (χ0n) is 11.0. The predicted octanol–water partition coefficient (Wildman–Crippen LogP) is 2.77. The van der Waals surface area contributed by atoms with E-state index in [-0.39, 0.29) is 4.75 Å². The molecular weight excluding hydrogens is 352 g/mol. The van der Waals surface area contributed by atoms with E-state index in [2.05, 4.69) is 25.6 Å². The second-order valence-electron chi connectivity index (χ2n) is 5.54. The molecule has 1 aliphatic rings. The fraction of sp³-hybridized carbons (Fsp3) is 0.583. The van der Waals surface area contributed by atoms with Crippen molar-refractivity contribution in [1.29, 1.82) is 0 Å². The molecule has 1 aliphatic heterocycles. The molecular formula is C12H16BrClN2O2S. The molecule has 1 N–H and O–H groups in total. The lowest BCUT2D eigenvalue weighted by Crippen LogP contribution is -2.60. The number of hydrogen-bond acceptors (Lipinski definition) is 3. The summed E-state index contributed by atoms with van der Waals surface area (Å²) in [5.74, 6) is 0. The van der Waals surface area contributed by atoms with Crippen molar-refractivity contribution in [3.8, 4) is 0 Å². The zero-order chi connectivity index (χ0) is 14.3. The van der Waals surface area contributed by atoms with Crippen LogP contribution in [-0.4, -0.2) is 27.2 Å². The minimum atomic E-state index is -1.19. The monoisotopic (exact) mass is 366 g/mol. The van der Waals surface area contributed by atoms with Gasteiger partial charge in [-0.1, -0.05) is 11.6 Å². The van der Waals surface area contributed by atoms with Gasteiger partial charge in [-0.05, 0) is 42.8 Å². The first-order valence-corrected chi connectivity index (χ1v) is 8.16. The predicted molar refractivity (Wildman–Crippen MR) is 80.5 cm³/mol. The van der Waals surface area contributed by atoms with Gasteiger partial charge >= 0.3 is 0 Å². The number of hydrogen-bond donors (Lipinski definition) is 1. The number of nitrogens with one attached hydrogen (secondary N) is 1. The largest absolute Gasteiger partial charge is 0.377 e. The highest BCUT2D eigenvalue weighted by atomic mass is 79.9. The van der Waals surface area contributed by atoms with E-state index in [1.807, 2.05) is 20.8 Å². The van der Waals surface area contributed by atoms with Gasteiger partial charge in [0.25, 0.3) is 0 Å². The minimum absolute atomic E-state index is 0.346. The Morgan fingerprint density at radius 1 is 1.53 bits per heavy atom. The van der Waals surface area contributed by atoms with Crippen molar-refractivity contribution in [2.75, 3.05) is 13.2 Å². The molecule has 1 atom stereocenters. The maximum absolute atomic E-state index is 12.3. The van der Waals surface area contributed by atoms with E-state index in [1.54, 1.807) is 12.3 Å². The summed E-state index contributed by atoms with van der Waals surface area (Å²) in [5, 5.41) is 0.558. The summed E-state index contributed by atoms with van der Waals surface area (Å²) in [6.45, 7) is 6.67. The first-order valence-electron chi connectivity index (χ1n) is 5.84. The van der Waals surface area contributed by atoms with Crippen LogP contribution in [0.1, 0.15) is 26.5 Å². The normalized spacial score (nSPS) is 19.8. The van der Waals surface area contributed by atoms with Crippen molar-refractivity contribution in [2.45, 2.75) is 31.1 Å². The van der Waals surface area contributed by atoms with E-state index in [4.69, 9.17) is 16.3 Å². The van der Waals surface area contributed by atoms with Gasteiger partial charge in [0.1, 0.15) is 5.54 Å². The fourth-order valence-corrected chi connectivity index (χ4v) is 3.54. The van der Waals surface area contributed by atoms with Crippen LogP contribution in [0.15, 0.2) is 16.7 Å². The third kappa shape index (κ3) is 3.19. The number of aromatic nitrogens is 1. The highest BCUT2D eigenvalue weighted by Gasteiger charge is 2.45. The van der Waals surface area contributed by atoms with Crippen LogP contribution in [-0.2, 0) is 21.3 Å². The van der Waals surface area contributed by atoms with Crippen LogP contribution in [0, 0.1) is 0 Å². The molecule has 1 unspecified atom stereocenters. The highest BCUT2D eigenvalue weighted by Crippen LogP contribution is 2.35. The molecule has 1 saturated heterocycles. The molecule has 1 aromatic rings. The Balaban J connectivity index is 2.30. The third-order valence-electron chi connectivity index (χ3n) is 2.80. The van der Waals surface area contributed by atoms with E-state index in [0.717, 1.165) is 10.2 Å². The Morgan fingerprint density at radius 3 is 2.58 bits per heavy atom. The van der Waals surface area contributed by atoms with Crippen molar-refractivity contribution in [1.82, 2.24) is 9.71 Å². The third-order valence-corrected chi connectivity index (χ3v) is 5.30. The molecule has 4 nitrogen and oxygen atoms in total. The summed E-state index contributed by atoms with van der Waals surface area (Å²) in [5.41, 5.74) is 0.266. The number of rotatable bonds is 3. The lowest BCUT2D eigenvalue weighted by atomic mass is 9.94. The van der Waals surface area contributed by atoms with Gasteiger partial charge in [0.2, 0.25) is 0 Å². The van der Waals surface area contributed by atoms with Crippen molar-refractivity contribution in [2.24, 2.45) is 0 Å². The molecule has 0 amide bonds. The first kappa shape index (κ1) is 15.4. The number of nitrogens with zero attached hydrogens (tertiary/aromatic N) is 1. The van der Waals surface area contributed by atoms with E-state index < -0.39 is 16.5 Å². The van der Waals surface area contributed by atoms with Gasteiger partial charge in [-0.3, -0.25) is 4.98 Å². The van der Waals surface area contributed by atoms with E-state index >= 15 is 0 Å². The average molecular weight is 368 g/mol. The molecule has 0 radical (unpaired) electrons. The first-order chi connectivity index (χ1) is 8.74. The summed E-state index contributed by atoms with van der Waals surface area (Å²) < 4.78 is 21.2. The second kappa shape index (κ2) is 5.41. The molecule has 0 bridgehead atoms. The van der Waals surface area contributed by atoms with Gasteiger partial charge < -0.3 is 4.74 Å². The van der Waals surface area contributed by atoms with Crippen molar-refractivity contribution in [3.63, 3.8) is 0 Å². The molecule has 0 aromatic carbocycles. The van der Waals surface area contributed by atoms with Crippen LogP contribution < -0.4 is 4.72 Å². The van der Waals surface area contributed by atoms with Gasteiger partial charge in [-0.25, -0.2) is 8.93 Å². The summed E-state index contributed by atoms with van der Waals surface area (Å²) in [7, 11) is -1.19. The number of ether oxygens (including phenoxy) is 1. The van der Waals surface area contributed by atoms with Gasteiger partial charge in [0, 0.05) is 10.7 Å². The van der Waals surface area contributed by atoms with Crippen LogP contribution in [0.5, 0.6) is 0 Å². The summed E-state index contributed by atoms with van der Waals surface area (Å²) >= 11 is 9.36. The molecule has 1 aromatic heterocycles. The Hall–Kier alpha value is -0.0100. The summed E-state index contributed by atoms with van der Waals surface area (Å²) in [6, 6.07) is 1.78. The molecule has 7 heteroatoms. The Morgan fingerprint density at radius 2 is 2.16 bits per heavy atom. The number of halogens is 2. The molecule has 0 saturated carbocycles. The van der Waals surface area contributed by atoms with E-state index in [1.165, 1.54) is 0 Å². The van der Waals surface area contributed by atoms with Gasteiger partial charge in [-0.15, -0.1) is 0 Å². The standard InChI is InChI=1S/C12H16BrClN2O2S/c1-11(2,3)19(17)16-12(6-18-7-12)10-9(13)4-8(14)5-15-10/h4-5,16H,6-7H2,1-3H3. The van der Waals surface area contributed by atoms with Crippen LogP contribution in [0.2, 0.25) is 5.02 Å². The van der Waals surface area contributed by atoms with E-state index in [0.29, 0.717) is 18.2 Å². The zero-order valence-corrected chi connectivity index (χ0v) is 14.2. The smallest absolute Gasteiger partial charge is 0.120 e. The van der Waals surface area contributed by atoms with Crippen LogP contribution in [0.4, 0.5) is 0 Å². The Bertz CT molecular complexity index is 515. The van der Waals surface area contributed by atoms with Gasteiger partial charge in [0.05, 0.1) is 39.7 Å².